The molecule has 1 aliphatic rings. The van der Waals surface area contributed by atoms with Crippen molar-refractivity contribution >= 4 is 5.78 Å². The van der Waals surface area contributed by atoms with Crippen molar-refractivity contribution in [2.24, 2.45) is 0 Å². The fourth-order valence-corrected chi connectivity index (χ4v) is 2.55. The molecule has 2 aromatic rings. The maximum absolute atomic E-state index is 11.8. The minimum atomic E-state index is 0.232. The number of ketones is 1. The van der Waals surface area contributed by atoms with Crippen molar-refractivity contribution in [2.45, 2.75) is 32.2 Å². The van der Waals surface area contributed by atoms with Gasteiger partial charge in [0.25, 0.3) is 0 Å². The third-order valence-electron chi connectivity index (χ3n) is 3.75. The van der Waals surface area contributed by atoms with Crippen LogP contribution in [0.5, 0.6) is 5.75 Å². The zero-order valence-corrected chi connectivity index (χ0v) is 11.6. The Hall–Kier alpha value is -2.10. The van der Waals surface area contributed by atoms with Gasteiger partial charge in [0.1, 0.15) is 12.4 Å². The number of Topliss-reactive ketones (excluding diaryl/α,β-unsaturated/α-hetero) is 1. The lowest BCUT2D eigenvalue weighted by Gasteiger charge is -2.18. The predicted molar refractivity (Wildman–Crippen MR) is 76.1 cm³/mol. The molecule has 0 saturated carbocycles. The number of hydrogen-bond acceptors (Lipinski definition) is 3. The van der Waals surface area contributed by atoms with Crippen LogP contribution in [-0.4, -0.2) is 21.9 Å². The molecule has 104 valence electrons. The highest BCUT2D eigenvalue weighted by molar-refractivity contribution is 5.98. The van der Waals surface area contributed by atoms with Gasteiger partial charge >= 0.3 is 0 Å². The summed E-state index contributed by atoms with van der Waals surface area (Å²) in [5.41, 5.74) is 1.99. The molecule has 4 heteroatoms. The Bertz CT molecular complexity index is 605. The van der Waals surface area contributed by atoms with E-state index in [4.69, 9.17) is 4.74 Å². The van der Waals surface area contributed by atoms with E-state index in [0.717, 1.165) is 29.7 Å². The van der Waals surface area contributed by atoms with Crippen LogP contribution in [-0.2, 0) is 6.42 Å². The van der Waals surface area contributed by atoms with E-state index >= 15 is 0 Å². The van der Waals surface area contributed by atoms with Crippen LogP contribution in [0.15, 0.2) is 36.9 Å². The second-order valence-electron chi connectivity index (χ2n) is 5.27. The molecule has 20 heavy (non-hydrogen) atoms. The second kappa shape index (κ2) is 5.49. The molecule has 0 amide bonds. The average molecular weight is 270 g/mol. The maximum atomic E-state index is 11.8. The molecule has 1 unspecified atom stereocenters. The summed E-state index contributed by atoms with van der Waals surface area (Å²) >= 11 is 0. The summed E-state index contributed by atoms with van der Waals surface area (Å²) in [4.78, 5) is 15.8. The van der Waals surface area contributed by atoms with Crippen LogP contribution in [0.2, 0.25) is 0 Å². The lowest BCUT2D eigenvalue weighted by molar-refractivity contribution is 0.0972. The number of nitrogens with zero attached hydrogens (tertiary/aromatic N) is 2. The molecule has 1 heterocycles. The minimum absolute atomic E-state index is 0.232. The lowest BCUT2D eigenvalue weighted by atomic mass is 9.90. The molecular formula is C16H18N2O2. The Labute approximate surface area is 118 Å². The van der Waals surface area contributed by atoms with Crippen molar-refractivity contribution in [3.8, 4) is 5.75 Å². The zero-order chi connectivity index (χ0) is 13.9. The van der Waals surface area contributed by atoms with E-state index in [1.165, 1.54) is 0 Å². The first-order valence-corrected chi connectivity index (χ1v) is 7.00. The van der Waals surface area contributed by atoms with Crippen LogP contribution < -0.4 is 4.74 Å². The van der Waals surface area contributed by atoms with Crippen molar-refractivity contribution in [2.75, 3.05) is 6.61 Å². The molecule has 1 aromatic carbocycles. The molecular weight excluding hydrogens is 252 g/mol. The van der Waals surface area contributed by atoms with Gasteiger partial charge in [-0.1, -0.05) is 0 Å². The highest BCUT2D eigenvalue weighted by atomic mass is 16.5. The van der Waals surface area contributed by atoms with Gasteiger partial charge in [0.15, 0.2) is 5.78 Å². The van der Waals surface area contributed by atoms with Crippen molar-refractivity contribution in [3.05, 3.63) is 48.0 Å². The fourth-order valence-electron chi connectivity index (χ4n) is 2.55. The van der Waals surface area contributed by atoms with Gasteiger partial charge in [0.2, 0.25) is 0 Å². The maximum Gasteiger partial charge on any atom is 0.163 e. The van der Waals surface area contributed by atoms with Crippen molar-refractivity contribution in [3.63, 3.8) is 0 Å². The van der Waals surface area contributed by atoms with Gasteiger partial charge in [-0.05, 0) is 43.5 Å². The first kappa shape index (κ1) is 12.9. The third kappa shape index (κ3) is 2.59. The van der Waals surface area contributed by atoms with Crippen LogP contribution in [0.4, 0.5) is 0 Å². The van der Waals surface area contributed by atoms with E-state index in [9.17, 15) is 4.79 Å². The average Bonchev–Trinajstić information content (AvgIpc) is 2.99. The van der Waals surface area contributed by atoms with Crippen molar-refractivity contribution in [1.29, 1.82) is 0 Å². The second-order valence-corrected chi connectivity index (χ2v) is 5.27. The highest BCUT2D eigenvalue weighted by Crippen LogP contribution is 2.25. The Morgan fingerprint density at radius 2 is 2.30 bits per heavy atom. The molecule has 4 nitrogen and oxygen atoms in total. The third-order valence-corrected chi connectivity index (χ3v) is 3.75. The standard InChI is InChI=1S/C16H18N2O2/c1-12(18-8-7-17-11-18)10-20-14-5-6-15-13(9-14)3-2-4-16(15)19/h5-9,11-12H,2-4,10H2,1H3. The zero-order valence-electron chi connectivity index (χ0n) is 11.6. The van der Waals surface area contributed by atoms with E-state index < -0.39 is 0 Å². The van der Waals surface area contributed by atoms with Gasteiger partial charge in [-0.25, -0.2) is 4.98 Å². The van der Waals surface area contributed by atoms with Crippen LogP contribution in [0, 0.1) is 0 Å². The molecule has 0 bridgehead atoms. The summed E-state index contributed by atoms with van der Waals surface area (Å²) in [7, 11) is 0. The summed E-state index contributed by atoms with van der Waals surface area (Å²) < 4.78 is 7.85. The Kier molecular flexibility index (Phi) is 3.54. The van der Waals surface area contributed by atoms with Crippen LogP contribution >= 0.6 is 0 Å². The number of fused-ring (bicyclic) bond motifs is 1. The lowest BCUT2D eigenvalue weighted by Crippen LogP contribution is -2.14. The highest BCUT2D eigenvalue weighted by Gasteiger charge is 2.17. The number of aryl methyl sites for hydroxylation is 1. The topological polar surface area (TPSA) is 44.1 Å². The van der Waals surface area contributed by atoms with E-state index in [1.54, 1.807) is 12.5 Å². The molecule has 0 N–H and O–H groups in total. The summed E-state index contributed by atoms with van der Waals surface area (Å²) in [6, 6.07) is 6.03. The van der Waals surface area contributed by atoms with Gasteiger partial charge in [0.05, 0.1) is 12.4 Å². The number of hydrogen-bond donors (Lipinski definition) is 0. The first-order valence-electron chi connectivity index (χ1n) is 7.00. The monoisotopic (exact) mass is 270 g/mol. The van der Waals surface area contributed by atoms with E-state index in [0.29, 0.717) is 13.0 Å². The van der Waals surface area contributed by atoms with Crippen LogP contribution in [0.3, 0.4) is 0 Å². The van der Waals surface area contributed by atoms with Crippen LogP contribution in [0.25, 0.3) is 0 Å². The molecule has 0 radical (unpaired) electrons. The van der Waals surface area contributed by atoms with E-state index in [1.807, 2.05) is 29.0 Å². The number of carbonyl (C=O) groups excluding carboxylic acids is 1. The molecule has 0 spiro atoms. The smallest absolute Gasteiger partial charge is 0.163 e. The van der Waals surface area contributed by atoms with Gasteiger partial charge in [-0.2, -0.15) is 0 Å². The predicted octanol–water partition coefficient (Wildman–Crippen LogP) is 3.04. The minimum Gasteiger partial charge on any atom is -0.491 e. The van der Waals surface area contributed by atoms with Gasteiger partial charge in [-0.15, -0.1) is 0 Å². The number of aromatic nitrogens is 2. The molecule has 0 saturated heterocycles. The molecule has 0 fully saturated rings. The van der Waals surface area contributed by atoms with Gasteiger partial charge < -0.3 is 9.30 Å². The first-order chi connectivity index (χ1) is 9.74. The molecule has 0 aliphatic heterocycles. The van der Waals surface area contributed by atoms with Gasteiger partial charge in [-0.3, -0.25) is 4.79 Å². The number of imidazole rings is 1. The summed E-state index contributed by atoms with van der Waals surface area (Å²) in [6.07, 6.45) is 8.07. The SMILES string of the molecule is CC(COc1ccc2c(c1)CCCC2=O)n1ccnc1. The number of benzene rings is 1. The summed E-state index contributed by atoms with van der Waals surface area (Å²) in [5.74, 6) is 1.09. The quantitative estimate of drug-likeness (QED) is 0.857. The Morgan fingerprint density at radius 1 is 1.40 bits per heavy atom. The molecule has 1 aliphatic carbocycles. The Morgan fingerprint density at radius 3 is 3.10 bits per heavy atom. The summed E-state index contributed by atoms with van der Waals surface area (Å²) in [6.45, 7) is 2.67. The normalized spacial score (nSPS) is 15.8. The summed E-state index contributed by atoms with van der Waals surface area (Å²) in [5, 5.41) is 0. The fraction of sp³-hybridized carbons (Fsp3) is 0.375. The van der Waals surface area contributed by atoms with Gasteiger partial charge in [0, 0.05) is 24.4 Å². The largest absolute Gasteiger partial charge is 0.491 e. The Balaban J connectivity index is 1.68. The number of ether oxygens (including phenoxy) is 1. The van der Waals surface area contributed by atoms with Crippen molar-refractivity contribution < 1.29 is 9.53 Å². The molecule has 1 atom stereocenters. The van der Waals surface area contributed by atoms with Crippen LogP contribution in [0.1, 0.15) is 41.7 Å². The number of carbonyl (C=O) groups is 1. The van der Waals surface area contributed by atoms with Crippen molar-refractivity contribution in [1.82, 2.24) is 9.55 Å². The van der Waals surface area contributed by atoms with E-state index in [2.05, 4.69) is 11.9 Å². The molecule has 3 rings (SSSR count). The molecule has 1 aromatic heterocycles. The van der Waals surface area contributed by atoms with E-state index in [-0.39, 0.29) is 11.8 Å². The number of rotatable bonds is 4.